The van der Waals surface area contributed by atoms with Gasteiger partial charge in [0, 0.05) is 16.5 Å². The summed E-state index contributed by atoms with van der Waals surface area (Å²) in [7, 11) is 0. The number of hydrogen-bond donors (Lipinski definition) is 2. The molecule has 1 aromatic heterocycles. The number of carboxylic acid groups (broad SMARTS) is 1. The summed E-state index contributed by atoms with van der Waals surface area (Å²) < 4.78 is 11.5. The molecular weight excluding hydrogens is 410 g/mol. The van der Waals surface area contributed by atoms with Crippen molar-refractivity contribution in [3.63, 3.8) is 0 Å². The van der Waals surface area contributed by atoms with E-state index in [1.165, 1.54) is 0 Å². The minimum Gasteiger partial charge on any atom is -0.480 e. The summed E-state index contributed by atoms with van der Waals surface area (Å²) in [6.45, 7) is 3.33. The van der Waals surface area contributed by atoms with Crippen LogP contribution in [-0.4, -0.2) is 23.1 Å². The van der Waals surface area contributed by atoms with Gasteiger partial charge in [-0.3, -0.25) is 4.79 Å². The van der Waals surface area contributed by atoms with Crippen molar-refractivity contribution in [2.75, 3.05) is 0 Å². The summed E-state index contributed by atoms with van der Waals surface area (Å²) in [5, 5.41) is 13.0. The summed E-state index contributed by atoms with van der Waals surface area (Å²) in [5.41, 5.74) is 3.04. The van der Waals surface area contributed by atoms with E-state index < -0.39 is 24.0 Å². The van der Waals surface area contributed by atoms with Gasteiger partial charge in [0.15, 0.2) is 12.1 Å². The van der Waals surface area contributed by atoms with Crippen molar-refractivity contribution < 1.29 is 23.8 Å². The molecule has 32 heavy (non-hydrogen) atoms. The number of amides is 1. The number of rotatable bonds is 6. The Bertz CT molecular complexity index is 1230. The Labute approximate surface area is 185 Å². The number of benzene rings is 2. The Morgan fingerprint density at radius 3 is 2.44 bits per heavy atom. The molecule has 0 saturated carbocycles. The predicted octanol–water partition coefficient (Wildman–Crippen LogP) is 3.69. The maximum atomic E-state index is 12.7. The van der Waals surface area contributed by atoms with Crippen LogP contribution in [0.25, 0.3) is 11.0 Å². The van der Waals surface area contributed by atoms with Crippen molar-refractivity contribution in [1.82, 2.24) is 5.32 Å². The Morgan fingerprint density at radius 2 is 1.75 bits per heavy atom. The fourth-order valence-corrected chi connectivity index (χ4v) is 4.19. The number of aliphatic carboxylic acids is 1. The third-order valence-electron chi connectivity index (χ3n) is 5.93. The van der Waals surface area contributed by atoms with Crippen molar-refractivity contribution in [1.29, 1.82) is 0 Å². The lowest BCUT2D eigenvalue weighted by Crippen LogP contribution is -2.41. The molecule has 3 aromatic rings. The molecule has 0 saturated heterocycles. The fourth-order valence-electron chi connectivity index (χ4n) is 4.19. The highest BCUT2D eigenvalue weighted by molar-refractivity contribution is 5.88. The topological polar surface area (TPSA) is 106 Å². The van der Waals surface area contributed by atoms with Gasteiger partial charge in [-0.25, -0.2) is 9.59 Å². The minimum absolute atomic E-state index is 0.314. The highest BCUT2D eigenvalue weighted by Gasteiger charge is 2.26. The summed E-state index contributed by atoms with van der Waals surface area (Å²) in [6, 6.07) is 10.9. The van der Waals surface area contributed by atoms with Crippen molar-refractivity contribution in [2.24, 2.45) is 0 Å². The molecule has 1 heterocycles. The highest BCUT2D eigenvalue weighted by atomic mass is 16.5. The first-order chi connectivity index (χ1) is 15.4. The monoisotopic (exact) mass is 435 g/mol. The third-order valence-corrected chi connectivity index (χ3v) is 5.93. The van der Waals surface area contributed by atoms with Crippen molar-refractivity contribution in [3.05, 3.63) is 75.1 Å². The van der Waals surface area contributed by atoms with Gasteiger partial charge in [-0.05, 0) is 62.8 Å². The summed E-state index contributed by atoms with van der Waals surface area (Å²) >= 11 is 0. The average molecular weight is 435 g/mol. The Hall–Kier alpha value is -3.61. The molecule has 1 unspecified atom stereocenters. The Kier molecular flexibility index (Phi) is 5.99. The molecule has 7 heteroatoms. The first kappa shape index (κ1) is 21.6. The molecule has 166 valence electrons. The quantitative estimate of drug-likeness (QED) is 0.572. The third kappa shape index (κ3) is 4.10. The van der Waals surface area contributed by atoms with Crippen LogP contribution in [0.3, 0.4) is 0 Å². The van der Waals surface area contributed by atoms with E-state index in [2.05, 4.69) is 5.32 Å². The number of carboxylic acids is 1. The molecule has 1 amide bonds. The van der Waals surface area contributed by atoms with E-state index in [0.29, 0.717) is 22.5 Å². The van der Waals surface area contributed by atoms with E-state index in [9.17, 15) is 19.5 Å². The number of ether oxygens (including phenoxy) is 1. The average Bonchev–Trinajstić information content (AvgIpc) is 2.80. The van der Waals surface area contributed by atoms with Crippen LogP contribution >= 0.6 is 0 Å². The molecule has 4 rings (SSSR count). The van der Waals surface area contributed by atoms with E-state index >= 15 is 0 Å². The van der Waals surface area contributed by atoms with Gasteiger partial charge in [-0.15, -0.1) is 0 Å². The number of nitrogens with one attached hydrogen (secondary N) is 1. The normalized spacial score (nSPS) is 14.9. The van der Waals surface area contributed by atoms with E-state index in [-0.39, 0.29) is 5.63 Å². The number of aryl methyl sites for hydroxylation is 2. The second-order valence-corrected chi connectivity index (χ2v) is 8.07. The zero-order valence-electron chi connectivity index (χ0n) is 18.0. The van der Waals surface area contributed by atoms with Crippen LogP contribution in [0.1, 0.15) is 48.1 Å². The number of fused-ring (bicyclic) bond motifs is 3. The molecule has 0 fully saturated rings. The van der Waals surface area contributed by atoms with Gasteiger partial charge in [-0.2, -0.15) is 0 Å². The number of carbonyl (C=O) groups excluding carboxylic acids is 1. The molecule has 2 aromatic carbocycles. The van der Waals surface area contributed by atoms with E-state index in [1.54, 1.807) is 50.2 Å². The van der Waals surface area contributed by atoms with Crippen molar-refractivity contribution >= 4 is 22.8 Å². The first-order valence-corrected chi connectivity index (χ1v) is 10.7. The second kappa shape index (κ2) is 8.86. The largest absolute Gasteiger partial charge is 0.480 e. The van der Waals surface area contributed by atoms with E-state index in [1.807, 2.05) is 6.07 Å². The molecular formula is C25H25NO6. The van der Waals surface area contributed by atoms with Crippen molar-refractivity contribution in [3.8, 4) is 5.75 Å². The van der Waals surface area contributed by atoms with Crippen molar-refractivity contribution in [2.45, 2.75) is 51.7 Å². The van der Waals surface area contributed by atoms with Gasteiger partial charge in [0.2, 0.25) is 0 Å². The molecule has 2 atom stereocenters. The smallest absolute Gasteiger partial charge is 0.339 e. The molecule has 7 nitrogen and oxygen atoms in total. The zero-order chi connectivity index (χ0) is 22.8. The van der Waals surface area contributed by atoms with Crippen LogP contribution < -0.4 is 15.7 Å². The van der Waals surface area contributed by atoms with Crippen LogP contribution in [0.4, 0.5) is 0 Å². The molecule has 1 aliphatic rings. The van der Waals surface area contributed by atoms with Gasteiger partial charge < -0.3 is 19.6 Å². The first-order valence-electron chi connectivity index (χ1n) is 10.7. The van der Waals surface area contributed by atoms with E-state index in [4.69, 9.17) is 9.15 Å². The van der Waals surface area contributed by atoms with Gasteiger partial charge in [0.05, 0.1) is 0 Å². The molecule has 0 bridgehead atoms. The lowest BCUT2D eigenvalue weighted by atomic mass is 9.90. The van der Waals surface area contributed by atoms with Crippen LogP contribution in [-0.2, 0) is 22.4 Å². The lowest BCUT2D eigenvalue weighted by molar-refractivity contribution is -0.143. The SMILES string of the molecule is Cc1c(OC(C)C(=O)N[C@H](C(=O)O)c2ccccc2)ccc2c3c(c(=O)oc12)CCCC3. The zero-order valence-corrected chi connectivity index (χ0v) is 18.0. The number of carbonyl (C=O) groups is 2. The summed E-state index contributed by atoms with van der Waals surface area (Å²) in [4.78, 5) is 36.8. The lowest BCUT2D eigenvalue weighted by Gasteiger charge is -2.21. The fraction of sp³-hybridized carbons (Fsp3) is 0.320. The van der Waals surface area contributed by atoms with Crippen LogP contribution in [0.15, 0.2) is 51.7 Å². The summed E-state index contributed by atoms with van der Waals surface area (Å²) in [5.74, 6) is -1.32. The molecule has 2 N–H and O–H groups in total. The number of hydrogen-bond acceptors (Lipinski definition) is 5. The molecule has 0 spiro atoms. The molecule has 0 aliphatic heterocycles. The Morgan fingerprint density at radius 1 is 1.06 bits per heavy atom. The van der Waals surface area contributed by atoms with Gasteiger partial charge in [0.1, 0.15) is 11.3 Å². The van der Waals surface area contributed by atoms with Gasteiger partial charge in [0.25, 0.3) is 5.91 Å². The predicted molar refractivity (Wildman–Crippen MR) is 119 cm³/mol. The highest BCUT2D eigenvalue weighted by Crippen LogP contribution is 2.33. The van der Waals surface area contributed by atoms with E-state index in [0.717, 1.165) is 42.2 Å². The van der Waals surface area contributed by atoms with Crippen LogP contribution in [0.2, 0.25) is 0 Å². The standard InChI is InChI=1S/C25H25NO6/c1-14-20(13-12-18-17-10-6-7-11-19(17)25(30)32-22(14)18)31-15(2)23(27)26-21(24(28)29)16-8-4-3-5-9-16/h3-5,8-9,12-13,15,21H,6-7,10-11H2,1-2H3,(H,26,27)(H,28,29)/t15?,21-/m0/s1. The molecule has 0 radical (unpaired) electrons. The Balaban J connectivity index is 1.57. The van der Waals surface area contributed by atoms with Gasteiger partial charge in [-0.1, -0.05) is 30.3 Å². The maximum Gasteiger partial charge on any atom is 0.339 e. The summed E-state index contributed by atoms with van der Waals surface area (Å²) in [6.07, 6.45) is 2.63. The van der Waals surface area contributed by atoms with Crippen LogP contribution in [0, 0.1) is 6.92 Å². The molecule has 1 aliphatic carbocycles. The van der Waals surface area contributed by atoms with Gasteiger partial charge >= 0.3 is 11.6 Å². The van der Waals surface area contributed by atoms with Crippen LogP contribution in [0.5, 0.6) is 5.75 Å². The maximum absolute atomic E-state index is 12.7. The minimum atomic E-state index is -1.18. The second-order valence-electron chi connectivity index (χ2n) is 8.07.